The Morgan fingerprint density at radius 3 is 2.50 bits per heavy atom. The van der Waals surface area contributed by atoms with Crippen molar-refractivity contribution in [3.63, 3.8) is 0 Å². The normalized spacial score (nSPS) is 30.0. The van der Waals surface area contributed by atoms with Gasteiger partial charge >= 0.3 is 5.97 Å². The summed E-state index contributed by atoms with van der Waals surface area (Å²) in [5.74, 6) is 1.32. The van der Waals surface area contributed by atoms with Crippen LogP contribution in [0.5, 0.6) is 40.2 Å². The van der Waals surface area contributed by atoms with Gasteiger partial charge in [-0.2, -0.15) is 0 Å². The number of nitrogens with zero attached hydrogens (tertiary/aromatic N) is 2. The third-order valence-electron chi connectivity index (χ3n) is 12.0. The molecule has 15 heteroatoms. The Balaban J connectivity index is 0.00000387. The summed E-state index contributed by atoms with van der Waals surface area (Å²) < 4.78 is 29.5. The van der Waals surface area contributed by atoms with Gasteiger partial charge in [0.05, 0.1) is 37.6 Å². The molecule has 2 saturated heterocycles. The molecule has 10 rings (SSSR count). The van der Waals surface area contributed by atoms with Gasteiger partial charge in [-0.15, -0.1) is 11.8 Å². The molecule has 0 aliphatic carbocycles. The molecule has 7 aliphatic heterocycles. The first-order valence-corrected chi connectivity index (χ1v) is 18.2. The molecule has 13 nitrogen and oxygen atoms in total. The van der Waals surface area contributed by atoms with E-state index in [4.69, 9.17) is 23.7 Å². The summed E-state index contributed by atoms with van der Waals surface area (Å²) in [5, 5.41) is 50.1. The summed E-state index contributed by atoms with van der Waals surface area (Å²) in [6.07, 6.45) is 0.0426. The average Bonchev–Trinajstić information content (AvgIpc) is 3.60. The van der Waals surface area contributed by atoms with Gasteiger partial charge in [-0.3, -0.25) is 15.1 Å². The van der Waals surface area contributed by atoms with Gasteiger partial charge in [-0.05, 0) is 68.1 Å². The molecule has 7 heterocycles. The van der Waals surface area contributed by atoms with Crippen LogP contribution in [-0.2, 0) is 27.9 Å². The summed E-state index contributed by atoms with van der Waals surface area (Å²) in [5.41, 5.74) is 4.38. The molecule has 0 saturated carbocycles. The van der Waals surface area contributed by atoms with Crippen molar-refractivity contribution in [2.75, 3.05) is 47.0 Å². The van der Waals surface area contributed by atoms with Crippen LogP contribution in [0.4, 0.5) is 0 Å². The van der Waals surface area contributed by atoms with E-state index in [1.54, 1.807) is 26.2 Å². The summed E-state index contributed by atoms with van der Waals surface area (Å²) in [4.78, 5) is 18.7. The number of thioether (sulfide) groups is 1. The smallest absolute Gasteiger partial charge is 0.331 e. The van der Waals surface area contributed by atoms with Crippen LogP contribution in [-0.4, -0.2) is 101 Å². The first-order chi connectivity index (χ1) is 24.5. The summed E-state index contributed by atoms with van der Waals surface area (Å²) in [6, 6.07) is 3.30. The van der Waals surface area contributed by atoms with Crippen molar-refractivity contribution >= 4 is 17.7 Å². The average molecular weight is 947 g/mol. The maximum Gasteiger partial charge on any atom is 0.331 e. The molecular weight excluding hydrogens is 905 g/mol. The second-order valence-corrected chi connectivity index (χ2v) is 15.5. The number of nitrogens with one attached hydrogen (secondary N) is 1. The van der Waals surface area contributed by atoms with E-state index in [-0.39, 0.29) is 92.3 Å². The van der Waals surface area contributed by atoms with Gasteiger partial charge in [0.25, 0.3) is 0 Å². The minimum Gasteiger partial charge on any atom is -0.507 e. The number of aliphatic hydroxyl groups excluding tert-OH is 1. The van der Waals surface area contributed by atoms with E-state index < -0.39 is 41.1 Å². The number of aliphatic hydroxyl groups is 1. The Labute approximate surface area is 341 Å². The van der Waals surface area contributed by atoms with Gasteiger partial charge in [-0.1, -0.05) is 6.07 Å². The third kappa shape index (κ3) is 4.82. The fraction of sp³-hybridized carbons (Fsp3) is 0.486. The largest absolute Gasteiger partial charge is 0.507 e. The number of phenolic OH excluding ortho intramolecular Hbond substituents is 3. The van der Waals surface area contributed by atoms with Crippen molar-refractivity contribution in [2.45, 2.75) is 67.9 Å². The van der Waals surface area contributed by atoms with Crippen molar-refractivity contribution in [3.05, 3.63) is 62.7 Å². The van der Waals surface area contributed by atoms with E-state index in [0.29, 0.717) is 64.5 Å². The van der Waals surface area contributed by atoms with Crippen LogP contribution >= 0.6 is 11.8 Å². The molecule has 1 radical (unpaired) electrons. The van der Waals surface area contributed by atoms with E-state index in [0.717, 1.165) is 16.7 Å². The second kappa shape index (κ2) is 13.0. The van der Waals surface area contributed by atoms with Gasteiger partial charge < -0.3 is 44.1 Å². The molecule has 3 unspecified atom stereocenters. The molecule has 273 valence electrons. The number of piperazine rings is 1. The molecular formula is C37H41AcN3O10S. The Kier molecular flexibility index (Phi) is 9.08. The van der Waals surface area contributed by atoms with Gasteiger partial charge in [-0.25, -0.2) is 4.79 Å². The molecule has 1 spiro atoms. The number of ether oxygens (including phenoxy) is 5. The van der Waals surface area contributed by atoms with Crippen LogP contribution in [0.3, 0.4) is 0 Å². The predicted molar refractivity (Wildman–Crippen MR) is 185 cm³/mol. The van der Waals surface area contributed by atoms with Crippen LogP contribution in [0, 0.1) is 57.9 Å². The van der Waals surface area contributed by atoms with E-state index in [1.807, 2.05) is 24.9 Å². The number of phenols is 3. The molecule has 4 bridgehead atoms. The zero-order chi connectivity index (χ0) is 35.7. The first-order valence-electron chi connectivity index (χ1n) is 17.2. The first kappa shape index (κ1) is 36.3. The van der Waals surface area contributed by atoms with Crippen LogP contribution in [0.2, 0.25) is 0 Å². The number of carbonyl (C=O) groups excluding carboxylic acids is 1. The van der Waals surface area contributed by atoms with E-state index in [2.05, 4.69) is 10.2 Å². The molecule has 7 atom stereocenters. The van der Waals surface area contributed by atoms with Crippen molar-refractivity contribution < 1.29 is 93.0 Å². The number of aryl methyl sites for hydroxylation is 1. The van der Waals surface area contributed by atoms with E-state index in [9.17, 15) is 25.2 Å². The molecule has 2 fully saturated rings. The third-order valence-corrected chi connectivity index (χ3v) is 13.5. The topological polar surface area (TPSA) is 163 Å². The summed E-state index contributed by atoms with van der Waals surface area (Å²) in [6.45, 7) is 3.96. The van der Waals surface area contributed by atoms with Crippen molar-refractivity contribution in [1.82, 2.24) is 15.1 Å². The molecule has 0 amide bonds. The molecule has 0 aromatic heterocycles. The van der Waals surface area contributed by atoms with E-state index >= 15 is 0 Å². The van der Waals surface area contributed by atoms with Gasteiger partial charge in [0.2, 0.25) is 6.79 Å². The fourth-order valence-electron chi connectivity index (χ4n) is 9.74. The Bertz CT molecular complexity index is 2020. The van der Waals surface area contributed by atoms with Crippen LogP contribution in [0.25, 0.3) is 0 Å². The maximum atomic E-state index is 14.6. The zero-order valence-electron chi connectivity index (χ0n) is 29.6. The van der Waals surface area contributed by atoms with Crippen LogP contribution in [0.1, 0.15) is 61.8 Å². The standard InChI is InChI=1S/C37H41N3O10S.Ac/c1-15-8-18-9-20-35(44)40-21-12-48-36(45)37(19-11-23(46-4)22(41)10-17(19)6-7-38-37)13-51-34(26-25(21)33-32(49-14-50-33)16(2)29(26)42)28(40)27(39(20)3)24(18)30(43)31(15)47-5;/h8,10-11,20-21,27-28,34-35,38,41-44H,6-7,9,12-14H2,1-5H3;/t20-,21-,27+,28?,34?,35?,37+;/m0./s1. The molecule has 3 aromatic carbocycles. The number of hydrogen-bond donors (Lipinski definition) is 5. The summed E-state index contributed by atoms with van der Waals surface area (Å²) >= 11 is 1.47. The number of benzene rings is 3. The Hall–Kier alpha value is -2.64. The number of methoxy groups -OCH3 is 2. The molecule has 5 N–H and O–H groups in total. The van der Waals surface area contributed by atoms with Gasteiger partial charge in [0, 0.05) is 84.7 Å². The SMILES string of the molecule is COc1cc2c(cc1O)CCN[C@]21CSC2c3c(O)c(C)c4c(c3[C@H](COC1=O)N1C2[C@H]2c3c(cc(C)c(OC)c3O)C[C@@H](C1O)N2C)OCO4.[Ac]. The quantitative estimate of drug-likeness (QED) is 0.238. The minimum absolute atomic E-state index is 0. The molecule has 7 aliphatic rings. The number of fused-ring (bicyclic) bond motifs is 9. The molecule has 52 heavy (non-hydrogen) atoms. The van der Waals surface area contributed by atoms with E-state index in [1.165, 1.54) is 18.9 Å². The van der Waals surface area contributed by atoms with Crippen molar-refractivity contribution in [2.24, 2.45) is 0 Å². The predicted octanol–water partition coefficient (Wildman–Crippen LogP) is 3.19. The fourth-order valence-corrected chi connectivity index (χ4v) is 11.4. The van der Waals surface area contributed by atoms with Gasteiger partial charge in [0.15, 0.2) is 40.0 Å². The zero-order valence-corrected chi connectivity index (χ0v) is 35.1. The Morgan fingerprint density at radius 1 is 0.981 bits per heavy atom. The monoisotopic (exact) mass is 946 g/mol. The van der Waals surface area contributed by atoms with Crippen LogP contribution < -0.4 is 24.3 Å². The second-order valence-electron chi connectivity index (χ2n) is 14.4. The number of hydrogen-bond acceptors (Lipinski definition) is 14. The summed E-state index contributed by atoms with van der Waals surface area (Å²) in [7, 11) is 4.97. The Morgan fingerprint density at radius 2 is 1.75 bits per heavy atom. The maximum absolute atomic E-state index is 14.6. The number of esters is 1. The number of aromatic hydroxyl groups is 3. The number of likely N-dealkylation sites (N-methyl/N-ethyl adjacent to an activating group) is 1. The van der Waals surface area contributed by atoms with Crippen molar-refractivity contribution in [1.29, 1.82) is 0 Å². The van der Waals surface area contributed by atoms with Crippen LogP contribution in [0.15, 0.2) is 18.2 Å². The molecule has 3 aromatic rings. The van der Waals surface area contributed by atoms with Gasteiger partial charge in [0.1, 0.15) is 18.6 Å². The minimum atomic E-state index is -1.32. The number of rotatable bonds is 2. The number of carbonyl (C=O) groups is 1. The van der Waals surface area contributed by atoms with Crippen molar-refractivity contribution in [3.8, 4) is 40.2 Å².